The maximum Gasteiger partial charge on any atom is 0.344 e. The molecule has 0 unspecified atom stereocenters. The molecule has 0 aliphatic rings. The molecule has 170 valence electrons. The molecule has 3 rings (SSSR count). The number of hydrogen-bond acceptors (Lipinski definition) is 6. The summed E-state index contributed by atoms with van der Waals surface area (Å²) in [5, 5.41) is 3.55. The molecule has 0 fully saturated rings. The van der Waals surface area contributed by atoms with Gasteiger partial charge >= 0.3 is 11.9 Å². The highest BCUT2D eigenvalue weighted by Crippen LogP contribution is 2.44. The van der Waals surface area contributed by atoms with Crippen molar-refractivity contribution in [3.8, 4) is 11.5 Å². The van der Waals surface area contributed by atoms with Crippen molar-refractivity contribution >= 4 is 56.7 Å². The van der Waals surface area contributed by atoms with Crippen molar-refractivity contribution in [2.24, 2.45) is 0 Å². The molecule has 3 aromatic rings. The molecule has 0 radical (unpaired) electrons. The van der Waals surface area contributed by atoms with Crippen molar-refractivity contribution < 1.29 is 28.5 Å². The van der Waals surface area contributed by atoms with E-state index in [9.17, 15) is 9.59 Å². The zero-order chi connectivity index (χ0) is 23.1. The molecular formula is C24H24Cl2O6. The van der Waals surface area contributed by atoms with Gasteiger partial charge in [-0.25, -0.2) is 9.59 Å². The van der Waals surface area contributed by atoms with Crippen LogP contribution in [-0.4, -0.2) is 38.4 Å². The molecule has 0 atom stereocenters. The van der Waals surface area contributed by atoms with Crippen molar-refractivity contribution in [1.29, 1.82) is 0 Å². The van der Waals surface area contributed by atoms with Gasteiger partial charge in [0.2, 0.25) is 0 Å². The fourth-order valence-electron chi connectivity index (χ4n) is 3.18. The van der Waals surface area contributed by atoms with E-state index in [1.165, 1.54) is 0 Å². The minimum atomic E-state index is -0.469. The topological polar surface area (TPSA) is 71.1 Å². The predicted molar refractivity (Wildman–Crippen MR) is 125 cm³/mol. The van der Waals surface area contributed by atoms with Gasteiger partial charge in [-0.15, -0.1) is 0 Å². The van der Waals surface area contributed by atoms with Gasteiger partial charge in [-0.1, -0.05) is 37.0 Å². The first-order chi connectivity index (χ1) is 15.4. The molecule has 0 saturated heterocycles. The standard InChI is InChI=1S/C24H24Cl2O6/c1-3-9-29-21(27)13-31-23-17-7-5-16(26)12-20(17)24(32-14-22(28)30-10-4-2)18-8-6-15(25)11-19(18)23/h5-8,11-12H,3-4,9-10,13-14H2,1-2H3. The van der Waals surface area contributed by atoms with E-state index in [4.69, 9.17) is 42.1 Å². The van der Waals surface area contributed by atoms with Crippen LogP contribution >= 0.6 is 23.2 Å². The fourth-order valence-corrected chi connectivity index (χ4v) is 3.53. The minimum absolute atomic E-state index is 0.261. The second-order valence-corrected chi connectivity index (χ2v) is 7.93. The lowest BCUT2D eigenvalue weighted by atomic mass is 10.0. The van der Waals surface area contributed by atoms with Gasteiger partial charge in [0.15, 0.2) is 13.2 Å². The Hall–Kier alpha value is -2.70. The molecule has 0 saturated carbocycles. The SMILES string of the molecule is CCCOC(=O)COc1c2ccc(Cl)cc2c(OCC(=O)OCCC)c2ccc(Cl)cc12. The maximum atomic E-state index is 12.0. The third-order valence-corrected chi connectivity index (χ3v) is 5.01. The van der Waals surface area contributed by atoms with Gasteiger partial charge in [0.25, 0.3) is 0 Å². The van der Waals surface area contributed by atoms with E-state index in [0.29, 0.717) is 56.3 Å². The quantitative estimate of drug-likeness (QED) is 0.264. The lowest BCUT2D eigenvalue weighted by Crippen LogP contribution is -2.16. The van der Waals surface area contributed by atoms with E-state index in [0.717, 1.165) is 12.8 Å². The average molecular weight is 479 g/mol. The summed E-state index contributed by atoms with van der Waals surface area (Å²) in [7, 11) is 0. The van der Waals surface area contributed by atoms with Crippen molar-refractivity contribution in [1.82, 2.24) is 0 Å². The first-order valence-corrected chi connectivity index (χ1v) is 11.1. The van der Waals surface area contributed by atoms with Gasteiger partial charge in [0, 0.05) is 31.6 Å². The highest BCUT2D eigenvalue weighted by Gasteiger charge is 2.19. The molecule has 0 amide bonds. The first kappa shape index (κ1) is 24.0. The third kappa shape index (κ3) is 5.75. The van der Waals surface area contributed by atoms with Crippen LogP contribution in [0.5, 0.6) is 11.5 Å². The number of fused-ring (bicyclic) bond motifs is 2. The zero-order valence-corrected chi connectivity index (χ0v) is 19.4. The molecule has 8 heteroatoms. The Kier molecular flexibility index (Phi) is 8.42. The summed E-state index contributed by atoms with van der Waals surface area (Å²) in [5.74, 6) is -0.0432. The largest absolute Gasteiger partial charge is 0.481 e. The monoisotopic (exact) mass is 478 g/mol. The second kappa shape index (κ2) is 11.2. The maximum absolute atomic E-state index is 12.0. The van der Waals surface area contributed by atoms with E-state index >= 15 is 0 Å². The fraction of sp³-hybridized carbons (Fsp3) is 0.333. The smallest absolute Gasteiger partial charge is 0.344 e. The van der Waals surface area contributed by atoms with Crippen LogP contribution in [0.2, 0.25) is 10.0 Å². The van der Waals surface area contributed by atoms with Crippen LogP contribution in [0.1, 0.15) is 26.7 Å². The molecule has 0 bridgehead atoms. The Morgan fingerprint density at radius 3 is 1.47 bits per heavy atom. The molecule has 0 heterocycles. The Morgan fingerprint density at radius 1 is 0.688 bits per heavy atom. The van der Waals surface area contributed by atoms with E-state index in [-0.39, 0.29) is 13.2 Å². The van der Waals surface area contributed by atoms with Crippen molar-refractivity contribution in [2.45, 2.75) is 26.7 Å². The molecule has 0 aromatic heterocycles. The van der Waals surface area contributed by atoms with Gasteiger partial charge < -0.3 is 18.9 Å². The van der Waals surface area contributed by atoms with Crippen LogP contribution in [0.3, 0.4) is 0 Å². The third-order valence-electron chi connectivity index (χ3n) is 4.54. The van der Waals surface area contributed by atoms with Gasteiger partial charge in [-0.3, -0.25) is 0 Å². The van der Waals surface area contributed by atoms with Crippen LogP contribution in [0.15, 0.2) is 36.4 Å². The molecule has 6 nitrogen and oxygen atoms in total. The van der Waals surface area contributed by atoms with Crippen molar-refractivity contribution in [2.75, 3.05) is 26.4 Å². The number of ether oxygens (including phenoxy) is 4. The number of carbonyl (C=O) groups excluding carboxylic acids is 2. The Bertz CT molecular complexity index is 1040. The van der Waals surface area contributed by atoms with Crippen molar-refractivity contribution in [3.63, 3.8) is 0 Å². The van der Waals surface area contributed by atoms with E-state index < -0.39 is 11.9 Å². The van der Waals surface area contributed by atoms with Crippen LogP contribution in [0.4, 0.5) is 0 Å². The zero-order valence-electron chi connectivity index (χ0n) is 17.9. The van der Waals surface area contributed by atoms with Crippen LogP contribution in [0, 0.1) is 0 Å². The molecule has 0 aliphatic carbocycles. The van der Waals surface area contributed by atoms with Crippen LogP contribution in [-0.2, 0) is 19.1 Å². The number of benzene rings is 3. The molecule has 0 aliphatic heterocycles. The Labute approximate surface area is 196 Å². The Balaban J connectivity index is 2.07. The summed E-state index contributed by atoms with van der Waals surface area (Å²) >= 11 is 12.5. The summed E-state index contributed by atoms with van der Waals surface area (Å²) in [4.78, 5) is 24.1. The first-order valence-electron chi connectivity index (χ1n) is 10.4. The summed E-state index contributed by atoms with van der Waals surface area (Å²) in [6.07, 6.45) is 1.44. The molecule has 3 aromatic carbocycles. The van der Waals surface area contributed by atoms with E-state index in [1.807, 2.05) is 13.8 Å². The van der Waals surface area contributed by atoms with Gasteiger partial charge in [-0.2, -0.15) is 0 Å². The average Bonchev–Trinajstić information content (AvgIpc) is 2.78. The van der Waals surface area contributed by atoms with Gasteiger partial charge in [-0.05, 0) is 49.2 Å². The molecule has 0 spiro atoms. The van der Waals surface area contributed by atoms with Crippen LogP contribution in [0.25, 0.3) is 21.5 Å². The van der Waals surface area contributed by atoms with Crippen molar-refractivity contribution in [3.05, 3.63) is 46.4 Å². The van der Waals surface area contributed by atoms with Crippen LogP contribution < -0.4 is 9.47 Å². The highest BCUT2D eigenvalue weighted by atomic mass is 35.5. The number of esters is 2. The summed E-state index contributed by atoms with van der Waals surface area (Å²) in [5.41, 5.74) is 0. The van der Waals surface area contributed by atoms with E-state index in [2.05, 4.69) is 0 Å². The minimum Gasteiger partial charge on any atom is -0.481 e. The lowest BCUT2D eigenvalue weighted by molar-refractivity contribution is -0.146. The van der Waals surface area contributed by atoms with E-state index in [1.54, 1.807) is 36.4 Å². The lowest BCUT2D eigenvalue weighted by Gasteiger charge is -2.18. The number of carbonyl (C=O) groups is 2. The van der Waals surface area contributed by atoms with Gasteiger partial charge in [0.05, 0.1) is 13.2 Å². The highest BCUT2D eigenvalue weighted by molar-refractivity contribution is 6.32. The Morgan fingerprint density at radius 2 is 1.09 bits per heavy atom. The summed E-state index contributed by atoms with van der Waals surface area (Å²) < 4.78 is 22.0. The predicted octanol–water partition coefficient (Wildman–Crippen LogP) is 5.96. The molecule has 0 N–H and O–H groups in total. The normalized spacial score (nSPS) is 10.9. The second-order valence-electron chi connectivity index (χ2n) is 7.06. The summed E-state index contributed by atoms with van der Waals surface area (Å²) in [6, 6.07) is 10.4. The number of halogens is 2. The number of rotatable bonds is 10. The number of hydrogen-bond donors (Lipinski definition) is 0. The summed E-state index contributed by atoms with van der Waals surface area (Å²) in [6.45, 7) is 3.96. The molecular weight excluding hydrogens is 455 g/mol. The van der Waals surface area contributed by atoms with Gasteiger partial charge in [0.1, 0.15) is 11.5 Å². The molecule has 32 heavy (non-hydrogen) atoms.